The molecule has 0 spiro atoms. The first-order valence-corrected chi connectivity index (χ1v) is 5.92. The minimum atomic E-state index is -0.662. The first-order chi connectivity index (χ1) is 8.58. The Bertz CT molecular complexity index is 481. The second-order valence-corrected chi connectivity index (χ2v) is 4.48. The molecule has 0 unspecified atom stereocenters. The average Bonchev–Trinajstić information content (AvgIpc) is 2.81. The number of nitro groups is 1. The zero-order chi connectivity index (χ0) is 13.1. The number of nitrogens with zero attached hydrogens (tertiary/aromatic N) is 1. The van der Waals surface area contributed by atoms with Gasteiger partial charge in [0.25, 0.3) is 5.69 Å². The highest BCUT2D eigenvalue weighted by molar-refractivity contribution is 5.94. The van der Waals surface area contributed by atoms with Crippen molar-refractivity contribution < 1.29 is 9.72 Å². The summed E-state index contributed by atoms with van der Waals surface area (Å²) in [6.45, 7) is 0. The molecule has 1 fully saturated rings. The molecule has 0 aromatic heterocycles. The molecule has 1 aromatic rings. The van der Waals surface area contributed by atoms with Crippen LogP contribution in [-0.2, 0) is 0 Å². The Kier molecular flexibility index (Phi) is 3.45. The predicted octanol–water partition coefficient (Wildman–Crippen LogP) is 2.05. The maximum Gasteiger partial charge on any atom is 0.293 e. The third kappa shape index (κ3) is 2.58. The van der Waals surface area contributed by atoms with Crippen LogP contribution in [0.4, 0.5) is 11.4 Å². The first-order valence-electron chi connectivity index (χ1n) is 5.92. The van der Waals surface area contributed by atoms with E-state index in [1.54, 1.807) is 6.07 Å². The average molecular weight is 249 g/mol. The maximum atomic E-state index is 11.0. The Morgan fingerprint density at radius 1 is 1.39 bits per heavy atom. The van der Waals surface area contributed by atoms with Crippen molar-refractivity contribution in [1.29, 1.82) is 0 Å². The summed E-state index contributed by atoms with van der Waals surface area (Å²) >= 11 is 0. The molecule has 2 rings (SSSR count). The second kappa shape index (κ2) is 5.03. The van der Waals surface area contributed by atoms with Gasteiger partial charge in [-0.05, 0) is 25.0 Å². The van der Waals surface area contributed by atoms with Crippen molar-refractivity contribution in [2.45, 2.75) is 31.7 Å². The van der Waals surface area contributed by atoms with Gasteiger partial charge in [-0.3, -0.25) is 14.9 Å². The van der Waals surface area contributed by atoms with Crippen molar-refractivity contribution in [3.8, 4) is 0 Å². The van der Waals surface area contributed by atoms with E-state index in [2.05, 4.69) is 5.32 Å². The highest BCUT2D eigenvalue weighted by atomic mass is 16.6. The van der Waals surface area contributed by atoms with E-state index in [4.69, 9.17) is 5.73 Å². The van der Waals surface area contributed by atoms with Gasteiger partial charge in [-0.15, -0.1) is 0 Å². The normalized spacial score (nSPS) is 15.6. The van der Waals surface area contributed by atoms with Crippen LogP contribution in [0, 0.1) is 10.1 Å². The van der Waals surface area contributed by atoms with Gasteiger partial charge in [-0.1, -0.05) is 12.8 Å². The molecule has 0 heterocycles. The van der Waals surface area contributed by atoms with Gasteiger partial charge in [0, 0.05) is 17.7 Å². The van der Waals surface area contributed by atoms with Crippen molar-refractivity contribution in [1.82, 2.24) is 0 Å². The number of hydrogen-bond donors (Lipinski definition) is 2. The summed E-state index contributed by atoms with van der Waals surface area (Å²) < 4.78 is 0. The Morgan fingerprint density at radius 3 is 2.61 bits per heavy atom. The van der Waals surface area contributed by atoms with Crippen LogP contribution in [0.5, 0.6) is 0 Å². The van der Waals surface area contributed by atoms with Gasteiger partial charge in [0.15, 0.2) is 0 Å². The Morgan fingerprint density at radius 2 is 2.06 bits per heavy atom. The van der Waals surface area contributed by atoms with Gasteiger partial charge in [-0.2, -0.15) is 0 Å². The summed E-state index contributed by atoms with van der Waals surface area (Å²) in [5, 5.41) is 14.1. The number of amides is 1. The van der Waals surface area contributed by atoms with Crippen LogP contribution in [0.1, 0.15) is 36.0 Å². The largest absolute Gasteiger partial charge is 0.377 e. The summed E-state index contributed by atoms with van der Waals surface area (Å²) in [5.41, 5.74) is 5.62. The Balaban J connectivity index is 2.28. The fourth-order valence-electron chi connectivity index (χ4n) is 2.25. The number of carbonyl (C=O) groups is 1. The van der Waals surface area contributed by atoms with E-state index < -0.39 is 10.8 Å². The van der Waals surface area contributed by atoms with Crippen LogP contribution in [0.2, 0.25) is 0 Å². The lowest BCUT2D eigenvalue weighted by atomic mass is 10.1. The second-order valence-electron chi connectivity index (χ2n) is 4.48. The van der Waals surface area contributed by atoms with Gasteiger partial charge in [-0.25, -0.2) is 0 Å². The molecule has 0 saturated heterocycles. The van der Waals surface area contributed by atoms with E-state index in [-0.39, 0.29) is 17.3 Å². The van der Waals surface area contributed by atoms with Gasteiger partial charge in [0.2, 0.25) is 5.91 Å². The lowest BCUT2D eigenvalue weighted by molar-refractivity contribution is -0.384. The molecular weight excluding hydrogens is 234 g/mol. The molecule has 0 atom stereocenters. The number of hydrogen-bond acceptors (Lipinski definition) is 4. The summed E-state index contributed by atoms with van der Waals surface area (Å²) in [6.07, 6.45) is 4.33. The third-order valence-electron chi connectivity index (χ3n) is 3.19. The SMILES string of the molecule is NC(=O)c1ccc(NC2CCCC2)c([N+](=O)[O-])c1. The van der Waals surface area contributed by atoms with Crippen LogP contribution in [0.3, 0.4) is 0 Å². The molecule has 6 heteroatoms. The molecule has 1 aliphatic rings. The summed E-state index contributed by atoms with van der Waals surface area (Å²) in [6, 6.07) is 4.56. The van der Waals surface area contributed by atoms with Gasteiger partial charge < -0.3 is 11.1 Å². The number of rotatable bonds is 4. The molecule has 3 N–H and O–H groups in total. The highest BCUT2D eigenvalue weighted by Gasteiger charge is 2.21. The van der Waals surface area contributed by atoms with Crippen LogP contribution in [0.25, 0.3) is 0 Å². The minimum absolute atomic E-state index is 0.0989. The van der Waals surface area contributed by atoms with Crippen molar-refractivity contribution >= 4 is 17.3 Å². The van der Waals surface area contributed by atoms with Gasteiger partial charge >= 0.3 is 0 Å². The number of primary amides is 1. The standard InChI is InChI=1S/C12H15N3O3/c13-12(16)8-5-6-10(11(7-8)15(17)18)14-9-3-1-2-4-9/h5-7,9,14H,1-4H2,(H2,13,16). The molecular formula is C12H15N3O3. The van der Waals surface area contributed by atoms with Crippen molar-refractivity contribution in [3.63, 3.8) is 0 Å². The number of nitro benzene ring substituents is 1. The molecule has 1 amide bonds. The van der Waals surface area contributed by atoms with Gasteiger partial charge in [0.05, 0.1) is 4.92 Å². The zero-order valence-electron chi connectivity index (χ0n) is 9.89. The van der Waals surface area contributed by atoms with Crippen LogP contribution in [0.15, 0.2) is 18.2 Å². The molecule has 1 saturated carbocycles. The number of nitrogens with two attached hydrogens (primary N) is 1. The van der Waals surface area contributed by atoms with E-state index in [0.29, 0.717) is 5.69 Å². The summed E-state index contributed by atoms with van der Waals surface area (Å²) in [5.74, 6) is -0.662. The fourth-order valence-corrected chi connectivity index (χ4v) is 2.25. The molecule has 6 nitrogen and oxygen atoms in total. The molecule has 0 bridgehead atoms. The van der Waals surface area contributed by atoms with E-state index in [0.717, 1.165) is 25.7 Å². The lowest BCUT2D eigenvalue weighted by Gasteiger charge is -2.13. The number of anilines is 1. The predicted molar refractivity (Wildman–Crippen MR) is 67.5 cm³/mol. The fraction of sp³-hybridized carbons (Fsp3) is 0.417. The van der Waals surface area contributed by atoms with Crippen LogP contribution >= 0.6 is 0 Å². The quantitative estimate of drug-likeness (QED) is 0.630. The molecule has 1 aromatic carbocycles. The minimum Gasteiger partial charge on any atom is -0.377 e. The Labute approximate surface area is 104 Å². The third-order valence-corrected chi connectivity index (χ3v) is 3.19. The van der Waals surface area contributed by atoms with E-state index in [1.807, 2.05) is 0 Å². The van der Waals surface area contributed by atoms with Crippen LogP contribution in [-0.4, -0.2) is 16.9 Å². The molecule has 18 heavy (non-hydrogen) atoms. The Hall–Kier alpha value is -2.11. The lowest BCUT2D eigenvalue weighted by Crippen LogP contribution is -2.16. The first kappa shape index (κ1) is 12.3. The molecule has 96 valence electrons. The van der Waals surface area contributed by atoms with E-state index in [9.17, 15) is 14.9 Å². The van der Waals surface area contributed by atoms with Crippen LogP contribution < -0.4 is 11.1 Å². The van der Waals surface area contributed by atoms with E-state index in [1.165, 1.54) is 12.1 Å². The van der Waals surface area contributed by atoms with Crippen molar-refractivity contribution in [2.24, 2.45) is 5.73 Å². The van der Waals surface area contributed by atoms with Crippen molar-refractivity contribution in [2.75, 3.05) is 5.32 Å². The van der Waals surface area contributed by atoms with Gasteiger partial charge in [0.1, 0.15) is 5.69 Å². The molecule has 0 radical (unpaired) electrons. The number of nitrogens with one attached hydrogen (secondary N) is 1. The highest BCUT2D eigenvalue weighted by Crippen LogP contribution is 2.29. The summed E-state index contributed by atoms with van der Waals surface area (Å²) in [7, 11) is 0. The zero-order valence-corrected chi connectivity index (χ0v) is 9.89. The molecule has 0 aliphatic heterocycles. The monoisotopic (exact) mass is 249 g/mol. The molecule has 1 aliphatic carbocycles. The topological polar surface area (TPSA) is 98.3 Å². The number of carbonyl (C=O) groups excluding carboxylic acids is 1. The van der Waals surface area contributed by atoms with Crippen molar-refractivity contribution in [3.05, 3.63) is 33.9 Å². The number of benzene rings is 1. The maximum absolute atomic E-state index is 11.0. The smallest absolute Gasteiger partial charge is 0.293 e. The summed E-state index contributed by atoms with van der Waals surface area (Å²) in [4.78, 5) is 21.5. The van der Waals surface area contributed by atoms with E-state index >= 15 is 0 Å².